The number of furan rings is 1. The van der Waals surface area contributed by atoms with Gasteiger partial charge in [-0.25, -0.2) is 0 Å². The lowest BCUT2D eigenvalue weighted by molar-refractivity contribution is 0.220. The summed E-state index contributed by atoms with van der Waals surface area (Å²) in [5, 5.41) is 4.19. The molecule has 0 aliphatic carbocycles. The van der Waals surface area contributed by atoms with Crippen LogP contribution in [0.3, 0.4) is 0 Å². The molecule has 0 radical (unpaired) electrons. The number of nitrogens with one attached hydrogen (secondary N) is 1. The van der Waals surface area contributed by atoms with E-state index in [0.29, 0.717) is 0 Å². The molecule has 19 heavy (non-hydrogen) atoms. The maximum atomic E-state index is 5.98. The topological polar surface area (TPSA) is 34.4 Å². The van der Waals surface area contributed by atoms with Crippen molar-refractivity contribution in [1.82, 2.24) is 5.32 Å². The Balaban J connectivity index is 1.56. The molecule has 1 aliphatic heterocycles. The number of benzene rings is 1. The molecule has 0 spiro atoms. The molecule has 1 aromatic heterocycles. The van der Waals surface area contributed by atoms with Gasteiger partial charge in [0.25, 0.3) is 0 Å². The summed E-state index contributed by atoms with van der Waals surface area (Å²) in [6.45, 7) is 2.87. The highest BCUT2D eigenvalue weighted by molar-refractivity contribution is 6.30. The average molecular weight is 278 g/mol. The number of hydrogen-bond donors (Lipinski definition) is 1. The van der Waals surface area contributed by atoms with E-state index >= 15 is 0 Å². The molecule has 1 N–H and O–H groups in total. The Hall–Kier alpha value is -1.45. The number of fused-ring (bicyclic) bond motifs is 1. The zero-order valence-corrected chi connectivity index (χ0v) is 11.5. The fourth-order valence-corrected chi connectivity index (χ4v) is 2.54. The summed E-state index contributed by atoms with van der Waals surface area (Å²) in [6.07, 6.45) is 2.75. The van der Waals surface area contributed by atoms with Crippen molar-refractivity contribution in [3.05, 3.63) is 52.9 Å². The van der Waals surface area contributed by atoms with Crippen LogP contribution in [0.5, 0.6) is 5.75 Å². The molecule has 1 unspecified atom stereocenters. The SMILES string of the molecule is C[C@H](NCC1Cc2cc(Cl)ccc2O1)c1ccco1. The molecule has 2 atom stereocenters. The van der Waals surface area contributed by atoms with Crippen LogP contribution in [0.25, 0.3) is 0 Å². The van der Waals surface area contributed by atoms with Crippen LogP contribution in [0.15, 0.2) is 41.0 Å². The molecule has 3 rings (SSSR count). The van der Waals surface area contributed by atoms with Crippen LogP contribution < -0.4 is 10.1 Å². The van der Waals surface area contributed by atoms with Gasteiger partial charge >= 0.3 is 0 Å². The van der Waals surface area contributed by atoms with Crippen LogP contribution in [-0.4, -0.2) is 12.6 Å². The fraction of sp³-hybridized carbons (Fsp3) is 0.333. The van der Waals surface area contributed by atoms with Crippen LogP contribution >= 0.6 is 11.6 Å². The highest BCUT2D eigenvalue weighted by Gasteiger charge is 2.23. The molecule has 1 aliphatic rings. The fourth-order valence-electron chi connectivity index (χ4n) is 2.35. The molecule has 0 fully saturated rings. The predicted molar refractivity (Wildman–Crippen MR) is 74.7 cm³/mol. The van der Waals surface area contributed by atoms with Crippen molar-refractivity contribution >= 4 is 11.6 Å². The molecule has 4 heteroatoms. The maximum absolute atomic E-state index is 5.98. The number of hydrogen-bond acceptors (Lipinski definition) is 3. The smallest absolute Gasteiger partial charge is 0.123 e. The van der Waals surface area contributed by atoms with Crippen LogP contribution in [0, 0.1) is 0 Å². The molecule has 2 heterocycles. The molecular formula is C15H16ClNO2. The second-order valence-corrected chi connectivity index (χ2v) is 5.28. The van der Waals surface area contributed by atoms with Crippen LogP contribution in [0.4, 0.5) is 0 Å². The van der Waals surface area contributed by atoms with E-state index < -0.39 is 0 Å². The second-order valence-electron chi connectivity index (χ2n) is 4.84. The van der Waals surface area contributed by atoms with Gasteiger partial charge in [0.2, 0.25) is 0 Å². The largest absolute Gasteiger partial charge is 0.488 e. The van der Waals surface area contributed by atoms with E-state index in [1.807, 2.05) is 30.3 Å². The maximum Gasteiger partial charge on any atom is 0.123 e. The first-order valence-electron chi connectivity index (χ1n) is 6.44. The Morgan fingerprint density at radius 3 is 3.11 bits per heavy atom. The Morgan fingerprint density at radius 2 is 2.32 bits per heavy atom. The van der Waals surface area contributed by atoms with Gasteiger partial charge < -0.3 is 14.5 Å². The van der Waals surface area contributed by atoms with Gasteiger partial charge in [0.15, 0.2) is 0 Å². The quantitative estimate of drug-likeness (QED) is 0.927. The third-order valence-electron chi connectivity index (χ3n) is 3.39. The number of rotatable bonds is 4. The van der Waals surface area contributed by atoms with E-state index in [4.69, 9.17) is 20.8 Å². The van der Waals surface area contributed by atoms with Crippen LogP contribution in [0.1, 0.15) is 24.3 Å². The summed E-state index contributed by atoms with van der Waals surface area (Å²) >= 11 is 5.98. The Kier molecular flexibility index (Phi) is 3.49. The van der Waals surface area contributed by atoms with E-state index in [1.54, 1.807) is 6.26 Å². The third kappa shape index (κ3) is 2.77. The first kappa shape index (κ1) is 12.6. The summed E-state index contributed by atoms with van der Waals surface area (Å²) < 4.78 is 11.2. The Bertz CT molecular complexity index is 553. The van der Waals surface area contributed by atoms with E-state index in [2.05, 4.69) is 12.2 Å². The Morgan fingerprint density at radius 1 is 1.42 bits per heavy atom. The minimum absolute atomic E-state index is 0.158. The molecule has 3 nitrogen and oxygen atoms in total. The summed E-state index contributed by atoms with van der Waals surface area (Å²) in [6, 6.07) is 9.84. The summed E-state index contributed by atoms with van der Waals surface area (Å²) in [5.74, 6) is 1.89. The van der Waals surface area contributed by atoms with Crippen molar-refractivity contribution in [1.29, 1.82) is 0 Å². The summed E-state index contributed by atoms with van der Waals surface area (Å²) in [5.41, 5.74) is 1.19. The van der Waals surface area contributed by atoms with E-state index in [1.165, 1.54) is 5.56 Å². The predicted octanol–water partition coefficient (Wildman–Crippen LogP) is 3.59. The van der Waals surface area contributed by atoms with Crippen molar-refractivity contribution in [2.75, 3.05) is 6.54 Å². The highest BCUT2D eigenvalue weighted by Crippen LogP contribution is 2.31. The molecule has 1 aromatic carbocycles. The average Bonchev–Trinajstić information content (AvgIpc) is 3.04. The van der Waals surface area contributed by atoms with Crippen molar-refractivity contribution in [3.63, 3.8) is 0 Å². The van der Waals surface area contributed by atoms with Gasteiger partial charge in [0.05, 0.1) is 12.3 Å². The zero-order chi connectivity index (χ0) is 13.2. The second kappa shape index (κ2) is 5.27. The lowest BCUT2D eigenvalue weighted by atomic mass is 10.1. The van der Waals surface area contributed by atoms with Crippen molar-refractivity contribution in [2.45, 2.75) is 25.5 Å². The van der Waals surface area contributed by atoms with Crippen LogP contribution in [-0.2, 0) is 6.42 Å². The van der Waals surface area contributed by atoms with Gasteiger partial charge in [0, 0.05) is 18.0 Å². The van der Waals surface area contributed by atoms with E-state index in [0.717, 1.165) is 29.5 Å². The third-order valence-corrected chi connectivity index (χ3v) is 3.62. The zero-order valence-electron chi connectivity index (χ0n) is 10.7. The van der Waals surface area contributed by atoms with Gasteiger partial charge in [-0.2, -0.15) is 0 Å². The Labute approximate surface area is 117 Å². The minimum Gasteiger partial charge on any atom is -0.488 e. The van der Waals surface area contributed by atoms with Crippen molar-refractivity contribution < 1.29 is 9.15 Å². The summed E-state index contributed by atoms with van der Waals surface area (Å²) in [7, 11) is 0. The molecular weight excluding hydrogens is 262 g/mol. The van der Waals surface area contributed by atoms with Gasteiger partial charge in [0.1, 0.15) is 17.6 Å². The van der Waals surface area contributed by atoms with Crippen molar-refractivity contribution in [3.8, 4) is 5.75 Å². The van der Waals surface area contributed by atoms with Gasteiger partial charge in [-0.05, 0) is 42.8 Å². The van der Waals surface area contributed by atoms with E-state index in [9.17, 15) is 0 Å². The van der Waals surface area contributed by atoms with Crippen LogP contribution in [0.2, 0.25) is 5.02 Å². The van der Waals surface area contributed by atoms with Crippen molar-refractivity contribution in [2.24, 2.45) is 0 Å². The normalized spacial score (nSPS) is 18.9. The first-order valence-corrected chi connectivity index (χ1v) is 6.82. The minimum atomic E-state index is 0.158. The standard InChI is InChI=1S/C15H16ClNO2/c1-10(14-3-2-6-18-14)17-9-13-8-11-7-12(16)4-5-15(11)19-13/h2-7,10,13,17H,8-9H2,1H3/t10-,13?/m0/s1. The van der Waals surface area contributed by atoms with Gasteiger partial charge in [-0.1, -0.05) is 11.6 Å². The molecule has 0 bridgehead atoms. The molecule has 0 saturated heterocycles. The number of ether oxygens (including phenoxy) is 1. The summed E-state index contributed by atoms with van der Waals surface area (Å²) in [4.78, 5) is 0. The van der Waals surface area contributed by atoms with Gasteiger partial charge in [-0.15, -0.1) is 0 Å². The highest BCUT2D eigenvalue weighted by atomic mass is 35.5. The monoisotopic (exact) mass is 277 g/mol. The number of halogens is 1. The van der Waals surface area contributed by atoms with E-state index in [-0.39, 0.29) is 12.1 Å². The molecule has 0 saturated carbocycles. The van der Waals surface area contributed by atoms with Gasteiger partial charge in [-0.3, -0.25) is 0 Å². The molecule has 0 amide bonds. The lowest BCUT2D eigenvalue weighted by Gasteiger charge is -2.15. The first-order chi connectivity index (χ1) is 9.22. The molecule has 2 aromatic rings. The lowest BCUT2D eigenvalue weighted by Crippen LogP contribution is -2.31. The molecule has 100 valence electrons.